The number of hydrogen-bond acceptors (Lipinski definition) is 4. The van der Waals surface area contributed by atoms with Crippen molar-refractivity contribution in [3.63, 3.8) is 0 Å². The standard InChI is InChI=1S/C13H17N3O/c1-8-14-6-10(7-15-8)13(17)9-4-11-2-3-12(5-9)16-11/h6-7,9,11-12,16H,2-5H2,1H3. The summed E-state index contributed by atoms with van der Waals surface area (Å²) in [4.78, 5) is 20.5. The molecule has 3 heterocycles. The van der Waals surface area contributed by atoms with E-state index < -0.39 is 0 Å². The number of Topliss-reactive ketones (excluding diaryl/α,β-unsaturated/α-hetero) is 1. The molecule has 17 heavy (non-hydrogen) atoms. The second-order valence-electron chi connectivity index (χ2n) is 5.19. The molecule has 90 valence electrons. The van der Waals surface area contributed by atoms with E-state index in [1.807, 2.05) is 6.92 Å². The van der Waals surface area contributed by atoms with Gasteiger partial charge in [-0.3, -0.25) is 4.79 Å². The van der Waals surface area contributed by atoms with E-state index in [-0.39, 0.29) is 11.7 Å². The van der Waals surface area contributed by atoms with Gasteiger partial charge in [-0.1, -0.05) is 0 Å². The quantitative estimate of drug-likeness (QED) is 0.784. The van der Waals surface area contributed by atoms with E-state index in [0.29, 0.717) is 23.5 Å². The molecular weight excluding hydrogens is 214 g/mol. The Kier molecular flexibility index (Phi) is 2.67. The number of carbonyl (C=O) groups is 1. The van der Waals surface area contributed by atoms with Crippen molar-refractivity contribution in [1.29, 1.82) is 0 Å². The van der Waals surface area contributed by atoms with Gasteiger partial charge in [0.15, 0.2) is 5.78 Å². The van der Waals surface area contributed by atoms with Crippen molar-refractivity contribution in [3.8, 4) is 0 Å². The van der Waals surface area contributed by atoms with Gasteiger partial charge in [-0.2, -0.15) is 0 Å². The van der Waals surface area contributed by atoms with Gasteiger partial charge in [0, 0.05) is 30.4 Å². The highest BCUT2D eigenvalue weighted by molar-refractivity contribution is 5.97. The molecule has 0 aliphatic carbocycles. The molecule has 2 atom stereocenters. The van der Waals surface area contributed by atoms with Crippen LogP contribution in [0.1, 0.15) is 41.9 Å². The van der Waals surface area contributed by atoms with Crippen LogP contribution in [0.5, 0.6) is 0 Å². The van der Waals surface area contributed by atoms with E-state index in [2.05, 4.69) is 15.3 Å². The summed E-state index contributed by atoms with van der Waals surface area (Å²) in [6.45, 7) is 1.83. The summed E-state index contributed by atoms with van der Waals surface area (Å²) in [7, 11) is 0. The zero-order valence-corrected chi connectivity index (χ0v) is 10.0. The van der Waals surface area contributed by atoms with Crippen LogP contribution < -0.4 is 5.32 Å². The third kappa shape index (κ3) is 2.09. The SMILES string of the molecule is Cc1ncc(C(=O)C2CC3CCC(C2)N3)cn1. The van der Waals surface area contributed by atoms with Crippen molar-refractivity contribution in [2.24, 2.45) is 5.92 Å². The minimum atomic E-state index is 0.167. The molecule has 4 nitrogen and oxygen atoms in total. The summed E-state index contributed by atoms with van der Waals surface area (Å²) in [5.41, 5.74) is 0.668. The summed E-state index contributed by atoms with van der Waals surface area (Å²) in [5, 5.41) is 3.55. The first-order chi connectivity index (χ1) is 8.22. The van der Waals surface area contributed by atoms with E-state index >= 15 is 0 Å². The van der Waals surface area contributed by atoms with Gasteiger partial charge in [-0.15, -0.1) is 0 Å². The molecule has 3 rings (SSSR count). The van der Waals surface area contributed by atoms with Crippen molar-refractivity contribution in [3.05, 3.63) is 23.8 Å². The van der Waals surface area contributed by atoms with Gasteiger partial charge in [-0.05, 0) is 32.6 Å². The first-order valence-electron chi connectivity index (χ1n) is 6.31. The minimum absolute atomic E-state index is 0.167. The van der Waals surface area contributed by atoms with Crippen molar-refractivity contribution in [2.45, 2.75) is 44.7 Å². The summed E-state index contributed by atoms with van der Waals surface area (Å²) < 4.78 is 0. The Hall–Kier alpha value is -1.29. The number of piperidine rings is 1. The number of aromatic nitrogens is 2. The highest BCUT2D eigenvalue weighted by atomic mass is 16.1. The van der Waals surface area contributed by atoms with E-state index in [9.17, 15) is 4.79 Å². The van der Waals surface area contributed by atoms with Crippen LogP contribution in [0.4, 0.5) is 0 Å². The molecule has 2 aliphatic heterocycles. The van der Waals surface area contributed by atoms with Crippen molar-refractivity contribution in [1.82, 2.24) is 15.3 Å². The van der Waals surface area contributed by atoms with E-state index in [1.54, 1.807) is 12.4 Å². The zero-order valence-electron chi connectivity index (χ0n) is 10.0. The average Bonchev–Trinajstić information content (AvgIpc) is 2.68. The number of ketones is 1. The molecule has 0 amide bonds. The molecule has 1 aromatic rings. The van der Waals surface area contributed by atoms with Crippen molar-refractivity contribution >= 4 is 5.78 Å². The third-order valence-electron chi connectivity index (χ3n) is 3.91. The van der Waals surface area contributed by atoms with Gasteiger partial charge >= 0.3 is 0 Å². The average molecular weight is 231 g/mol. The molecule has 1 N–H and O–H groups in total. The highest BCUT2D eigenvalue weighted by Crippen LogP contribution is 2.32. The maximum absolute atomic E-state index is 12.3. The number of nitrogens with one attached hydrogen (secondary N) is 1. The van der Waals surface area contributed by atoms with Crippen LogP contribution in [0, 0.1) is 12.8 Å². The van der Waals surface area contributed by atoms with Crippen LogP contribution in [-0.2, 0) is 0 Å². The Bertz CT molecular complexity index is 417. The minimum Gasteiger partial charge on any atom is -0.311 e. The number of carbonyl (C=O) groups excluding carboxylic acids is 1. The fraction of sp³-hybridized carbons (Fsp3) is 0.615. The first-order valence-corrected chi connectivity index (χ1v) is 6.31. The van der Waals surface area contributed by atoms with Crippen molar-refractivity contribution < 1.29 is 4.79 Å². The predicted octanol–water partition coefficient (Wildman–Crippen LogP) is 1.50. The molecule has 2 fully saturated rings. The Balaban J connectivity index is 1.76. The van der Waals surface area contributed by atoms with Crippen LogP contribution in [0.25, 0.3) is 0 Å². The predicted molar refractivity (Wildman–Crippen MR) is 63.8 cm³/mol. The van der Waals surface area contributed by atoms with Crippen LogP contribution in [0.15, 0.2) is 12.4 Å². The van der Waals surface area contributed by atoms with Crippen LogP contribution in [0.3, 0.4) is 0 Å². The topological polar surface area (TPSA) is 54.9 Å². The lowest BCUT2D eigenvalue weighted by atomic mass is 9.87. The number of fused-ring (bicyclic) bond motifs is 2. The van der Waals surface area contributed by atoms with Gasteiger partial charge in [0.05, 0.1) is 5.56 Å². The number of rotatable bonds is 2. The Morgan fingerprint density at radius 1 is 1.24 bits per heavy atom. The van der Waals surface area contributed by atoms with Crippen molar-refractivity contribution in [2.75, 3.05) is 0 Å². The first kappa shape index (κ1) is 10.8. The molecule has 0 aromatic carbocycles. The zero-order chi connectivity index (χ0) is 11.8. The van der Waals surface area contributed by atoms with E-state index in [0.717, 1.165) is 12.8 Å². The van der Waals surface area contributed by atoms with Gasteiger partial charge < -0.3 is 5.32 Å². The fourth-order valence-electron chi connectivity index (χ4n) is 3.03. The van der Waals surface area contributed by atoms with E-state index in [1.165, 1.54) is 12.8 Å². The molecule has 4 heteroatoms. The third-order valence-corrected chi connectivity index (χ3v) is 3.91. The summed E-state index contributed by atoms with van der Waals surface area (Å²) in [6, 6.07) is 1.10. The normalized spacial score (nSPS) is 31.5. The number of nitrogens with zero attached hydrogens (tertiary/aromatic N) is 2. The molecule has 0 radical (unpaired) electrons. The van der Waals surface area contributed by atoms with E-state index in [4.69, 9.17) is 0 Å². The molecule has 2 bridgehead atoms. The Morgan fingerprint density at radius 2 is 1.82 bits per heavy atom. The lowest BCUT2D eigenvalue weighted by molar-refractivity contribution is 0.0875. The monoisotopic (exact) mass is 231 g/mol. The maximum atomic E-state index is 12.3. The molecule has 0 spiro atoms. The lowest BCUT2D eigenvalue weighted by Gasteiger charge is -2.27. The molecule has 2 aliphatic rings. The second-order valence-corrected chi connectivity index (χ2v) is 5.19. The highest BCUT2D eigenvalue weighted by Gasteiger charge is 2.36. The van der Waals surface area contributed by atoms with Crippen LogP contribution in [-0.4, -0.2) is 27.8 Å². The van der Waals surface area contributed by atoms with Gasteiger partial charge in [-0.25, -0.2) is 9.97 Å². The second kappa shape index (κ2) is 4.18. The molecular formula is C13H17N3O. The Labute approximate surface area is 101 Å². The summed E-state index contributed by atoms with van der Waals surface area (Å²) in [5.74, 6) is 1.11. The maximum Gasteiger partial charge on any atom is 0.169 e. The largest absolute Gasteiger partial charge is 0.311 e. The molecule has 2 saturated heterocycles. The van der Waals surface area contributed by atoms with Gasteiger partial charge in [0.25, 0.3) is 0 Å². The fourth-order valence-corrected chi connectivity index (χ4v) is 3.03. The number of aryl methyl sites for hydroxylation is 1. The summed E-state index contributed by atoms with van der Waals surface area (Å²) in [6.07, 6.45) is 7.72. The molecule has 2 unspecified atom stereocenters. The number of hydrogen-bond donors (Lipinski definition) is 1. The summed E-state index contributed by atoms with van der Waals surface area (Å²) >= 11 is 0. The van der Waals surface area contributed by atoms with Gasteiger partial charge in [0.2, 0.25) is 0 Å². The molecule has 1 aromatic heterocycles. The lowest BCUT2D eigenvalue weighted by Crippen LogP contribution is -2.40. The van der Waals surface area contributed by atoms with Crippen LogP contribution >= 0.6 is 0 Å². The Morgan fingerprint density at radius 3 is 2.41 bits per heavy atom. The molecule has 0 saturated carbocycles. The van der Waals surface area contributed by atoms with Crippen LogP contribution in [0.2, 0.25) is 0 Å². The smallest absolute Gasteiger partial charge is 0.169 e. The van der Waals surface area contributed by atoms with Gasteiger partial charge in [0.1, 0.15) is 5.82 Å².